The third-order valence-electron chi connectivity index (χ3n) is 5.19. The number of nitrogens with one attached hydrogen (secondary N) is 3. The summed E-state index contributed by atoms with van der Waals surface area (Å²) in [5.74, 6) is 1.08. The molecule has 0 saturated heterocycles. The Balaban J connectivity index is 1.24. The van der Waals surface area contributed by atoms with E-state index < -0.39 is 5.82 Å². The third-order valence-corrected chi connectivity index (χ3v) is 5.19. The van der Waals surface area contributed by atoms with E-state index in [0.29, 0.717) is 35.4 Å². The number of amides is 1. The summed E-state index contributed by atoms with van der Waals surface area (Å²) < 4.78 is 19.2. The van der Waals surface area contributed by atoms with Crippen molar-refractivity contribution in [2.24, 2.45) is 0 Å². The summed E-state index contributed by atoms with van der Waals surface area (Å²) in [4.78, 5) is 21.0. The molecule has 0 aliphatic rings. The number of rotatable bonds is 8. The van der Waals surface area contributed by atoms with Crippen molar-refractivity contribution in [3.8, 4) is 5.75 Å². The molecule has 0 aliphatic heterocycles. The minimum absolute atomic E-state index is 0.0534. The van der Waals surface area contributed by atoms with Gasteiger partial charge in [-0.1, -0.05) is 36.4 Å². The minimum atomic E-state index is -0.414. The summed E-state index contributed by atoms with van der Waals surface area (Å²) >= 11 is 0. The summed E-state index contributed by atoms with van der Waals surface area (Å²) in [6.07, 6.45) is 1.52. The fourth-order valence-electron chi connectivity index (χ4n) is 3.55. The van der Waals surface area contributed by atoms with Crippen LogP contribution in [0, 0.1) is 5.82 Å². The van der Waals surface area contributed by atoms with Crippen LogP contribution in [-0.2, 0) is 17.8 Å². The molecule has 0 fully saturated rings. The van der Waals surface area contributed by atoms with Gasteiger partial charge in [0.25, 0.3) is 0 Å². The van der Waals surface area contributed by atoms with E-state index in [-0.39, 0.29) is 12.3 Å². The lowest BCUT2D eigenvalue weighted by molar-refractivity contribution is -0.115. The van der Waals surface area contributed by atoms with Crippen LogP contribution in [0.15, 0.2) is 85.2 Å². The first kappa shape index (κ1) is 22.0. The number of benzene rings is 3. The highest BCUT2D eigenvalue weighted by Gasteiger charge is 2.11. The van der Waals surface area contributed by atoms with Crippen LogP contribution in [0.2, 0.25) is 0 Å². The van der Waals surface area contributed by atoms with Gasteiger partial charge in [-0.25, -0.2) is 14.4 Å². The molecular formula is C26H21FN6O2. The standard InChI is InChI=1S/C26H21FN6O2/c27-18-7-4-8-19(11-18)30-25(34)13-20-12-24(33-32-20)31-26-22-10-9-21(14-23(22)28-16-29-26)35-15-17-5-2-1-3-6-17/h1-12,14,16H,13,15H2,(H,30,34)(H2,28,29,31,32,33). The average molecular weight is 468 g/mol. The van der Waals surface area contributed by atoms with Crippen LogP contribution in [-0.4, -0.2) is 26.1 Å². The highest BCUT2D eigenvalue weighted by atomic mass is 19.1. The molecule has 9 heteroatoms. The van der Waals surface area contributed by atoms with Gasteiger partial charge in [0.2, 0.25) is 5.91 Å². The molecule has 0 saturated carbocycles. The molecule has 174 valence electrons. The largest absolute Gasteiger partial charge is 0.489 e. The van der Waals surface area contributed by atoms with Crippen molar-refractivity contribution in [2.45, 2.75) is 13.0 Å². The Labute approximate surface area is 200 Å². The Bertz CT molecular complexity index is 1470. The van der Waals surface area contributed by atoms with Crippen molar-refractivity contribution in [2.75, 3.05) is 10.6 Å². The molecule has 2 aromatic heterocycles. The minimum Gasteiger partial charge on any atom is -0.489 e. The molecule has 2 heterocycles. The lowest BCUT2D eigenvalue weighted by atomic mass is 10.2. The normalized spacial score (nSPS) is 10.8. The van der Waals surface area contributed by atoms with Crippen LogP contribution in [0.25, 0.3) is 10.9 Å². The molecule has 8 nitrogen and oxygen atoms in total. The first-order valence-corrected chi connectivity index (χ1v) is 10.9. The van der Waals surface area contributed by atoms with E-state index in [1.54, 1.807) is 12.1 Å². The number of halogens is 1. The predicted octanol–water partition coefficient (Wildman–Crippen LogP) is 5.00. The van der Waals surface area contributed by atoms with E-state index in [0.717, 1.165) is 16.5 Å². The summed E-state index contributed by atoms with van der Waals surface area (Å²) in [6, 6.07) is 23.0. The number of carbonyl (C=O) groups is 1. The van der Waals surface area contributed by atoms with Gasteiger partial charge in [-0.05, 0) is 35.9 Å². The van der Waals surface area contributed by atoms with Crippen LogP contribution < -0.4 is 15.4 Å². The van der Waals surface area contributed by atoms with Crippen molar-refractivity contribution in [1.82, 2.24) is 20.2 Å². The van der Waals surface area contributed by atoms with Crippen molar-refractivity contribution >= 4 is 34.1 Å². The molecule has 3 aromatic carbocycles. The Hall–Kier alpha value is -4.79. The first-order valence-electron chi connectivity index (χ1n) is 10.9. The van der Waals surface area contributed by atoms with Gasteiger partial charge in [0.05, 0.1) is 11.9 Å². The van der Waals surface area contributed by atoms with E-state index in [4.69, 9.17) is 4.74 Å². The Morgan fingerprint density at radius 2 is 1.86 bits per heavy atom. The van der Waals surface area contributed by atoms with Gasteiger partial charge in [0, 0.05) is 28.9 Å². The maximum absolute atomic E-state index is 13.3. The van der Waals surface area contributed by atoms with Crippen molar-refractivity contribution in [1.29, 1.82) is 0 Å². The fourth-order valence-corrected chi connectivity index (χ4v) is 3.55. The van der Waals surface area contributed by atoms with E-state index in [2.05, 4.69) is 30.8 Å². The first-order chi connectivity index (χ1) is 17.1. The SMILES string of the molecule is O=C(Cc1cc(Nc2ncnc3cc(OCc4ccccc4)ccc23)n[nH]1)Nc1cccc(F)c1. The summed E-state index contributed by atoms with van der Waals surface area (Å²) in [5, 5.41) is 13.7. The van der Waals surface area contributed by atoms with Gasteiger partial charge in [-0.2, -0.15) is 5.10 Å². The van der Waals surface area contributed by atoms with Gasteiger partial charge in [-0.15, -0.1) is 0 Å². The summed E-state index contributed by atoms with van der Waals surface area (Å²) in [5.41, 5.74) is 2.79. The molecular weight excluding hydrogens is 447 g/mol. The lowest BCUT2D eigenvalue weighted by Gasteiger charge is -2.09. The molecule has 0 aliphatic carbocycles. The zero-order chi connectivity index (χ0) is 24.0. The number of ether oxygens (including phenoxy) is 1. The molecule has 0 bridgehead atoms. The predicted molar refractivity (Wildman–Crippen MR) is 131 cm³/mol. The number of anilines is 3. The molecule has 1 amide bonds. The molecule has 0 unspecified atom stereocenters. The Morgan fingerprint density at radius 3 is 2.71 bits per heavy atom. The lowest BCUT2D eigenvalue weighted by Crippen LogP contribution is -2.14. The average Bonchev–Trinajstić information content (AvgIpc) is 3.30. The summed E-state index contributed by atoms with van der Waals surface area (Å²) in [7, 11) is 0. The number of aromatic nitrogens is 4. The topological polar surface area (TPSA) is 105 Å². The van der Waals surface area contributed by atoms with Crippen LogP contribution in [0.1, 0.15) is 11.3 Å². The molecule has 5 rings (SSSR count). The monoisotopic (exact) mass is 468 g/mol. The Morgan fingerprint density at radius 1 is 0.971 bits per heavy atom. The van der Waals surface area contributed by atoms with Gasteiger partial charge in [0.1, 0.15) is 30.3 Å². The third kappa shape index (κ3) is 5.59. The van der Waals surface area contributed by atoms with Crippen molar-refractivity contribution in [3.05, 3.63) is 102 Å². The molecule has 35 heavy (non-hydrogen) atoms. The number of aromatic amines is 1. The molecule has 0 radical (unpaired) electrons. The highest BCUT2D eigenvalue weighted by molar-refractivity contribution is 5.93. The summed E-state index contributed by atoms with van der Waals surface area (Å²) in [6.45, 7) is 0.464. The number of carbonyl (C=O) groups excluding carboxylic acids is 1. The molecule has 5 aromatic rings. The smallest absolute Gasteiger partial charge is 0.230 e. The molecule has 0 spiro atoms. The van der Waals surface area contributed by atoms with Gasteiger partial charge in [-0.3, -0.25) is 9.89 Å². The number of nitrogens with zero attached hydrogens (tertiary/aromatic N) is 3. The molecule has 0 atom stereocenters. The van der Waals surface area contributed by atoms with Gasteiger partial charge < -0.3 is 15.4 Å². The highest BCUT2D eigenvalue weighted by Crippen LogP contribution is 2.26. The van der Waals surface area contributed by atoms with Crippen molar-refractivity contribution in [3.63, 3.8) is 0 Å². The molecule has 3 N–H and O–H groups in total. The number of H-pyrrole nitrogens is 1. The number of hydrogen-bond donors (Lipinski definition) is 3. The number of hydrogen-bond acceptors (Lipinski definition) is 6. The zero-order valence-corrected chi connectivity index (χ0v) is 18.5. The van der Waals surface area contributed by atoms with E-state index in [1.165, 1.54) is 24.5 Å². The Kier molecular flexibility index (Phi) is 6.29. The van der Waals surface area contributed by atoms with E-state index >= 15 is 0 Å². The maximum atomic E-state index is 13.3. The van der Waals surface area contributed by atoms with Crippen molar-refractivity contribution < 1.29 is 13.9 Å². The van der Waals surface area contributed by atoms with Crippen LogP contribution in [0.4, 0.5) is 21.7 Å². The maximum Gasteiger partial charge on any atom is 0.230 e. The zero-order valence-electron chi connectivity index (χ0n) is 18.5. The fraction of sp³-hybridized carbons (Fsp3) is 0.0769. The quantitative estimate of drug-likeness (QED) is 0.296. The van der Waals surface area contributed by atoms with Crippen LogP contribution >= 0.6 is 0 Å². The second kappa shape index (κ2) is 10.0. The van der Waals surface area contributed by atoms with E-state index in [1.807, 2.05) is 48.5 Å². The number of fused-ring (bicyclic) bond motifs is 1. The van der Waals surface area contributed by atoms with Crippen LogP contribution in [0.5, 0.6) is 5.75 Å². The second-order valence-corrected chi connectivity index (χ2v) is 7.81. The van der Waals surface area contributed by atoms with Gasteiger partial charge >= 0.3 is 0 Å². The van der Waals surface area contributed by atoms with E-state index in [9.17, 15) is 9.18 Å². The van der Waals surface area contributed by atoms with Gasteiger partial charge in [0.15, 0.2) is 5.82 Å². The second-order valence-electron chi connectivity index (χ2n) is 7.81. The van der Waals surface area contributed by atoms with Crippen LogP contribution in [0.3, 0.4) is 0 Å².